The van der Waals surface area contributed by atoms with Crippen LogP contribution in [0, 0.1) is 5.92 Å². The van der Waals surface area contributed by atoms with Crippen molar-refractivity contribution in [3.63, 3.8) is 0 Å². The molecule has 0 aliphatic carbocycles. The van der Waals surface area contributed by atoms with Crippen LogP contribution in [0.25, 0.3) is 0 Å². The molecule has 1 heterocycles. The van der Waals surface area contributed by atoms with Crippen LogP contribution in [0.5, 0.6) is 5.75 Å². The minimum atomic E-state index is -1.44. The first-order valence-corrected chi connectivity index (χ1v) is 14.3. The predicted molar refractivity (Wildman–Crippen MR) is 169 cm³/mol. The lowest BCUT2D eigenvalue weighted by atomic mass is 9.86. The van der Waals surface area contributed by atoms with Crippen LogP contribution < -0.4 is 15.0 Å². The van der Waals surface area contributed by atoms with Crippen molar-refractivity contribution in [2.45, 2.75) is 12.6 Å². The van der Waals surface area contributed by atoms with E-state index >= 15 is 0 Å². The summed E-state index contributed by atoms with van der Waals surface area (Å²) >= 11 is 12.7. The number of rotatable bonds is 10. The molecule has 2 unspecified atom stereocenters. The summed E-state index contributed by atoms with van der Waals surface area (Å²) in [5.41, 5.74) is 1.95. The molecule has 2 atom stereocenters. The molecule has 0 spiro atoms. The van der Waals surface area contributed by atoms with E-state index in [-0.39, 0.29) is 28.6 Å². The van der Waals surface area contributed by atoms with Crippen LogP contribution in [0.1, 0.15) is 27.5 Å². The van der Waals surface area contributed by atoms with E-state index in [4.69, 9.17) is 33.0 Å². The molecule has 11 heteroatoms. The van der Waals surface area contributed by atoms with Gasteiger partial charge in [-0.2, -0.15) is 0 Å². The van der Waals surface area contributed by atoms with Crippen molar-refractivity contribution in [2.75, 3.05) is 10.2 Å². The summed E-state index contributed by atoms with van der Waals surface area (Å²) < 4.78 is 5.86. The SMILES string of the molecule is O=C(O)/C=C/C(=O)Nc1cccc(C(=O)C2C(=O)C(=O)N(c3ccc(OCc4ccccc4)c(Cl)c3)C2c2ccc(Cl)cc2)c1. The van der Waals surface area contributed by atoms with Crippen LogP contribution in [0.2, 0.25) is 10.0 Å². The largest absolute Gasteiger partial charge is 0.487 e. The predicted octanol–water partition coefficient (Wildman–Crippen LogP) is 6.31. The van der Waals surface area contributed by atoms with Gasteiger partial charge in [0.2, 0.25) is 11.7 Å². The molecule has 1 fully saturated rings. The molecule has 0 radical (unpaired) electrons. The van der Waals surface area contributed by atoms with Gasteiger partial charge in [0.05, 0.1) is 11.1 Å². The van der Waals surface area contributed by atoms with Crippen molar-refractivity contribution in [1.82, 2.24) is 0 Å². The van der Waals surface area contributed by atoms with Crippen molar-refractivity contribution >= 4 is 63.9 Å². The Balaban J connectivity index is 1.47. The number of carbonyl (C=O) groups excluding carboxylic acids is 4. The number of hydrogen-bond acceptors (Lipinski definition) is 6. The van der Waals surface area contributed by atoms with E-state index < -0.39 is 41.3 Å². The van der Waals surface area contributed by atoms with Crippen LogP contribution in [0.4, 0.5) is 11.4 Å². The Morgan fingerprint density at radius 2 is 1.60 bits per heavy atom. The van der Waals surface area contributed by atoms with Crippen LogP contribution in [-0.2, 0) is 25.8 Å². The fourth-order valence-electron chi connectivity index (χ4n) is 4.96. The second kappa shape index (κ2) is 13.6. The van der Waals surface area contributed by atoms with E-state index in [9.17, 15) is 24.0 Å². The number of Topliss-reactive ketones (excluding diaryl/α,β-unsaturated/α-hetero) is 2. The zero-order valence-corrected chi connectivity index (χ0v) is 24.9. The van der Waals surface area contributed by atoms with Gasteiger partial charge in [-0.25, -0.2) is 4.79 Å². The fourth-order valence-corrected chi connectivity index (χ4v) is 5.32. The van der Waals surface area contributed by atoms with Crippen LogP contribution in [0.3, 0.4) is 0 Å². The number of aliphatic carboxylic acids is 1. The quantitative estimate of drug-likeness (QED) is 0.0897. The first-order valence-electron chi connectivity index (χ1n) is 13.6. The van der Waals surface area contributed by atoms with E-state index in [1.54, 1.807) is 36.4 Å². The number of amides is 2. The smallest absolute Gasteiger partial charge is 0.328 e. The standard InChI is InChI=1S/C34H24Cl2N2O7/c35-23-11-9-21(10-12-23)31-30(32(42)22-7-4-8-24(17-22)37-28(39)15-16-29(40)41)33(43)34(44)38(31)25-13-14-27(26(36)18-25)45-19-20-5-2-1-3-6-20/h1-18,30-31H,19H2,(H,37,39)(H,40,41)/b16-15+. The molecule has 45 heavy (non-hydrogen) atoms. The average Bonchev–Trinajstić information content (AvgIpc) is 3.29. The second-order valence-corrected chi connectivity index (χ2v) is 10.9. The number of carboxylic acids is 1. The molecular formula is C34H24Cl2N2O7. The molecule has 9 nitrogen and oxygen atoms in total. The number of benzene rings is 4. The summed E-state index contributed by atoms with van der Waals surface area (Å²) in [6, 6.07) is 25.4. The summed E-state index contributed by atoms with van der Waals surface area (Å²) in [5, 5.41) is 11.9. The minimum Gasteiger partial charge on any atom is -0.487 e. The maximum atomic E-state index is 13.9. The number of carboxylic acid groups (broad SMARTS) is 1. The number of carbonyl (C=O) groups is 5. The minimum absolute atomic E-state index is 0.0599. The molecule has 1 aliphatic rings. The molecule has 2 amide bonds. The van der Waals surface area contributed by atoms with E-state index in [0.717, 1.165) is 11.6 Å². The van der Waals surface area contributed by atoms with Gasteiger partial charge in [0.1, 0.15) is 18.3 Å². The lowest BCUT2D eigenvalue weighted by Crippen LogP contribution is -2.30. The Bertz CT molecular complexity index is 1820. The monoisotopic (exact) mass is 642 g/mol. The first-order chi connectivity index (χ1) is 21.6. The zero-order chi connectivity index (χ0) is 32.1. The zero-order valence-electron chi connectivity index (χ0n) is 23.4. The highest BCUT2D eigenvalue weighted by molar-refractivity contribution is 6.49. The maximum Gasteiger partial charge on any atom is 0.328 e. The van der Waals surface area contributed by atoms with Crippen molar-refractivity contribution in [3.05, 3.63) is 136 Å². The average molecular weight is 643 g/mol. The Hall–Kier alpha value is -5.25. The summed E-state index contributed by atoms with van der Waals surface area (Å²) in [6.07, 6.45) is 1.50. The van der Waals surface area contributed by atoms with Gasteiger partial charge in [0, 0.05) is 34.1 Å². The number of hydrogen-bond donors (Lipinski definition) is 2. The number of nitrogens with one attached hydrogen (secondary N) is 1. The van der Waals surface area contributed by atoms with Gasteiger partial charge >= 0.3 is 5.97 Å². The number of ketones is 2. The summed E-state index contributed by atoms with van der Waals surface area (Å²) in [7, 11) is 0. The van der Waals surface area contributed by atoms with E-state index in [1.165, 1.54) is 35.2 Å². The third-order valence-electron chi connectivity index (χ3n) is 7.02. The Labute approximate surface area is 267 Å². The van der Waals surface area contributed by atoms with Gasteiger partial charge in [-0.15, -0.1) is 0 Å². The fraction of sp³-hybridized carbons (Fsp3) is 0.0882. The Morgan fingerprint density at radius 1 is 0.867 bits per heavy atom. The topological polar surface area (TPSA) is 130 Å². The third kappa shape index (κ3) is 7.12. The lowest BCUT2D eigenvalue weighted by molar-refractivity contribution is -0.135. The molecular weight excluding hydrogens is 619 g/mol. The van der Waals surface area contributed by atoms with Gasteiger partial charge in [0.15, 0.2) is 5.78 Å². The van der Waals surface area contributed by atoms with Crippen LogP contribution in [0.15, 0.2) is 109 Å². The maximum absolute atomic E-state index is 13.9. The van der Waals surface area contributed by atoms with Crippen LogP contribution >= 0.6 is 23.2 Å². The lowest BCUT2D eigenvalue weighted by Gasteiger charge is -2.28. The van der Waals surface area contributed by atoms with Gasteiger partial charge in [-0.05, 0) is 53.6 Å². The Kier molecular flexibility index (Phi) is 9.42. The molecule has 226 valence electrons. The third-order valence-corrected chi connectivity index (χ3v) is 7.57. The van der Waals surface area contributed by atoms with E-state index in [0.29, 0.717) is 22.4 Å². The molecule has 0 aromatic heterocycles. The van der Waals surface area contributed by atoms with Crippen molar-refractivity contribution < 1.29 is 33.8 Å². The van der Waals surface area contributed by atoms with Crippen molar-refractivity contribution in [1.29, 1.82) is 0 Å². The number of ether oxygens (including phenoxy) is 1. The summed E-state index contributed by atoms with van der Waals surface area (Å²) in [5.74, 6) is -5.56. The molecule has 1 saturated heterocycles. The van der Waals surface area contributed by atoms with Crippen LogP contribution in [-0.4, -0.2) is 34.5 Å². The first kappa shape index (κ1) is 31.2. The highest BCUT2D eigenvalue weighted by Gasteiger charge is 2.52. The molecule has 1 aliphatic heterocycles. The number of anilines is 2. The Morgan fingerprint density at radius 3 is 2.29 bits per heavy atom. The van der Waals surface area contributed by atoms with Gasteiger partial charge in [-0.1, -0.05) is 77.8 Å². The van der Waals surface area contributed by atoms with E-state index in [1.807, 2.05) is 30.3 Å². The number of nitrogens with zero attached hydrogens (tertiary/aromatic N) is 1. The summed E-state index contributed by atoms with van der Waals surface area (Å²) in [6.45, 7) is 0.264. The highest BCUT2D eigenvalue weighted by Crippen LogP contribution is 2.43. The molecule has 5 rings (SSSR count). The molecule has 2 N–H and O–H groups in total. The van der Waals surface area contributed by atoms with E-state index in [2.05, 4.69) is 5.32 Å². The second-order valence-electron chi connectivity index (χ2n) is 10.0. The molecule has 0 saturated carbocycles. The highest BCUT2D eigenvalue weighted by atomic mass is 35.5. The van der Waals surface area contributed by atoms with Gasteiger partial charge < -0.3 is 15.2 Å². The number of halogens is 2. The molecule has 4 aromatic rings. The normalized spacial score (nSPS) is 16.2. The van der Waals surface area contributed by atoms with Gasteiger partial charge in [0.25, 0.3) is 5.91 Å². The van der Waals surface area contributed by atoms with Crippen molar-refractivity contribution in [3.8, 4) is 5.75 Å². The molecule has 4 aromatic carbocycles. The van der Waals surface area contributed by atoms with Crippen molar-refractivity contribution in [2.24, 2.45) is 5.92 Å². The molecule has 0 bridgehead atoms. The summed E-state index contributed by atoms with van der Waals surface area (Å²) in [4.78, 5) is 65.1. The van der Waals surface area contributed by atoms with Gasteiger partial charge in [-0.3, -0.25) is 24.1 Å².